The Bertz CT molecular complexity index is 1170. The minimum atomic E-state index is -0.222. The molecule has 0 radical (unpaired) electrons. The number of halogens is 1. The first-order valence-corrected chi connectivity index (χ1v) is 11.0. The van der Waals surface area contributed by atoms with Gasteiger partial charge in [0.1, 0.15) is 0 Å². The number of nitrogens with zero attached hydrogens (tertiary/aromatic N) is 2. The van der Waals surface area contributed by atoms with Gasteiger partial charge in [0.15, 0.2) is 0 Å². The predicted octanol–water partition coefficient (Wildman–Crippen LogP) is 4.90. The fourth-order valence-electron chi connectivity index (χ4n) is 2.89. The van der Waals surface area contributed by atoms with Gasteiger partial charge in [-0.15, -0.1) is 0 Å². The maximum atomic E-state index is 12.7. The molecule has 1 heterocycles. The van der Waals surface area contributed by atoms with Gasteiger partial charge in [0, 0.05) is 0 Å². The Kier molecular flexibility index (Phi) is 5.45. The molecule has 0 spiro atoms. The fourth-order valence-corrected chi connectivity index (χ4v) is 4.91. The van der Waals surface area contributed by atoms with E-state index in [0.29, 0.717) is 10.6 Å². The number of rotatable bonds is 3. The van der Waals surface area contributed by atoms with E-state index in [1.54, 1.807) is 12.1 Å². The molecule has 1 amide bonds. The van der Waals surface area contributed by atoms with Crippen molar-refractivity contribution in [1.82, 2.24) is 4.57 Å². The third-order valence-corrected chi connectivity index (χ3v) is 6.34. The molecule has 0 atom stereocenters. The van der Waals surface area contributed by atoms with Crippen molar-refractivity contribution in [3.05, 3.63) is 104 Å². The molecule has 4 aromatic rings. The van der Waals surface area contributed by atoms with Crippen molar-refractivity contribution >= 4 is 32.0 Å². The van der Waals surface area contributed by atoms with E-state index in [2.05, 4.69) is 45.7 Å². The molecular formula is C23H17ClN2OSe. The van der Waals surface area contributed by atoms with Crippen LogP contribution >= 0.6 is 11.6 Å². The van der Waals surface area contributed by atoms with Crippen molar-refractivity contribution in [3.63, 3.8) is 0 Å². The number of amides is 1. The van der Waals surface area contributed by atoms with Gasteiger partial charge in [-0.05, 0) is 0 Å². The topological polar surface area (TPSA) is 34.4 Å². The molecule has 1 aromatic heterocycles. The molecule has 0 aliphatic carbocycles. The van der Waals surface area contributed by atoms with Crippen molar-refractivity contribution in [2.24, 2.45) is 4.99 Å². The molecule has 4 rings (SSSR count). The summed E-state index contributed by atoms with van der Waals surface area (Å²) in [6, 6.07) is 25.2. The number of hydrogen-bond acceptors (Lipinski definition) is 1. The van der Waals surface area contributed by atoms with E-state index >= 15 is 0 Å². The predicted molar refractivity (Wildman–Crippen MR) is 114 cm³/mol. The Hall–Kier alpha value is -2.65. The van der Waals surface area contributed by atoms with Crippen LogP contribution in [0.4, 0.5) is 0 Å². The monoisotopic (exact) mass is 452 g/mol. The summed E-state index contributed by atoms with van der Waals surface area (Å²) >= 11 is 6.01. The van der Waals surface area contributed by atoms with Gasteiger partial charge in [0.05, 0.1) is 0 Å². The summed E-state index contributed by atoms with van der Waals surface area (Å²) in [6.45, 7) is 2.06. The van der Waals surface area contributed by atoms with Gasteiger partial charge in [-0.3, -0.25) is 0 Å². The minimum absolute atomic E-state index is 0.0513. The summed E-state index contributed by atoms with van der Waals surface area (Å²) in [7, 11) is 0. The van der Waals surface area contributed by atoms with E-state index in [1.807, 2.05) is 42.5 Å². The van der Waals surface area contributed by atoms with Gasteiger partial charge in [-0.1, -0.05) is 0 Å². The summed E-state index contributed by atoms with van der Waals surface area (Å²) < 4.78 is 2.85. The molecule has 3 aromatic carbocycles. The number of carbonyl (C=O) groups is 1. The van der Waals surface area contributed by atoms with Crippen LogP contribution in [-0.4, -0.2) is 25.0 Å². The SMILES string of the molecule is Cc1ccc(-n2c(-c3ccc(Cl)cc3)c[se]c2=NC(=O)c2ccccc2)cc1. The number of carbonyl (C=O) groups excluding carboxylic acids is 1. The molecule has 28 heavy (non-hydrogen) atoms. The fraction of sp³-hybridized carbons (Fsp3) is 0.0435. The second-order valence-corrected chi connectivity index (χ2v) is 8.56. The summed E-state index contributed by atoms with van der Waals surface area (Å²) in [5.74, 6) is -0.222. The molecule has 5 heteroatoms. The average molecular weight is 452 g/mol. The van der Waals surface area contributed by atoms with E-state index in [0.717, 1.165) is 21.3 Å². The van der Waals surface area contributed by atoms with Gasteiger partial charge >= 0.3 is 175 Å². The third-order valence-electron chi connectivity index (χ3n) is 4.36. The molecular weight excluding hydrogens is 435 g/mol. The first-order valence-electron chi connectivity index (χ1n) is 8.79. The Morgan fingerprint density at radius 1 is 0.929 bits per heavy atom. The van der Waals surface area contributed by atoms with Crippen LogP contribution < -0.4 is 4.36 Å². The molecule has 0 bridgehead atoms. The van der Waals surface area contributed by atoms with Crippen molar-refractivity contribution in [1.29, 1.82) is 0 Å². The van der Waals surface area contributed by atoms with E-state index in [-0.39, 0.29) is 20.4 Å². The number of aromatic nitrogens is 1. The summed E-state index contributed by atoms with van der Waals surface area (Å²) in [5.41, 5.74) is 4.84. The molecule has 0 N–H and O–H groups in total. The van der Waals surface area contributed by atoms with Crippen LogP contribution in [-0.2, 0) is 0 Å². The van der Waals surface area contributed by atoms with Crippen molar-refractivity contribution < 1.29 is 4.79 Å². The van der Waals surface area contributed by atoms with Crippen LogP contribution in [0.15, 0.2) is 88.8 Å². The molecule has 0 unspecified atom stereocenters. The zero-order valence-corrected chi connectivity index (χ0v) is 17.6. The van der Waals surface area contributed by atoms with E-state index in [1.165, 1.54) is 5.56 Å². The third kappa shape index (κ3) is 3.95. The Labute approximate surface area is 174 Å². The number of hydrogen-bond donors (Lipinski definition) is 0. The van der Waals surface area contributed by atoms with E-state index in [9.17, 15) is 4.79 Å². The Morgan fingerprint density at radius 3 is 2.29 bits per heavy atom. The van der Waals surface area contributed by atoms with Crippen molar-refractivity contribution in [3.8, 4) is 16.9 Å². The second-order valence-electron chi connectivity index (χ2n) is 6.36. The van der Waals surface area contributed by atoms with Crippen molar-refractivity contribution in [2.75, 3.05) is 0 Å². The molecule has 0 aliphatic heterocycles. The molecule has 3 nitrogen and oxygen atoms in total. The average Bonchev–Trinajstić information content (AvgIpc) is 3.13. The molecule has 0 aliphatic rings. The van der Waals surface area contributed by atoms with Crippen LogP contribution in [0.5, 0.6) is 0 Å². The van der Waals surface area contributed by atoms with Crippen LogP contribution in [0, 0.1) is 6.92 Å². The normalized spacial score (nSPS) is 11.6. The molecule has 138 valence electrons. The summed E-state index contributed by atoms with van der Waals surface area (Å²) in [6.07, 6.45) is 0. The van der Waals surface area contributed by atoms with Gasteiger partial charge < -0.3 is 0 Å². The zero-order valence-electron chi connectivity index (χ0n) is 15.2. The standard InChI is InChI=1S/C23H17ClN2OSe/c1-16-7-13-20(14-8-16)26-21(17-9-11-19(24)12-10-17)15-28-23(26)25-22(27)18-5-3-2-4-6-18/h2-15H,1H3. The van der Waals surface area contributed by atoms with E-state index < -0.39 is 0 Å². The molecule has 0 saturated heterocycles. The summed E-state index contributed by atoms with van der Waals surface area (Å²) in [4.78, 5) is 19.3. The zero-order chi connectivity index (χ0) is 19.5. The van der Waals surface area contributed by atoms with E-state index in [4.69, 9.17) is 11.6 Å². The van der Waals surface area contributed by atoms with Gasteiger partial charge in [0.25, 0.3) is 0 Å². The van der Waals surface area contributed by atoms with Crippen LogP contribution in [0.2, 0.25) is 5.02 Å². The van der Waals surface area contributed by atoms with Gasteiger partial charge in [0.2, 0.25) is 0 Å². The molecule has 0 fully saturated rings. The van der Waals surface area contributed by atoms with Crippen LogP contribution in [0.1, 0.15) is 15.9 Å². The quantitative estimate of drug-likeness (QED) is 0.408. The Balaban J connectivity index is 1.89. The van der Waals surface area contributed by atoms with Crippen LogP contribution in [0.25, 0.3) is 16.9 Å². The summed E-state index contributed by atoms with van der Waals surface area (Å²) in [5, 5.41) is 0.697. The number of benzene rings is 3. The van der Waals surface area contributed by atoms with Crippen LogP contribution in [0.3, 0.4) is 0 Å². The first kappa shape index (κ1) is 18.7. The van der Waals surface area contributed by atoms with Crippen molar-refractivity contribution in [2.45, 2.75) is 6.92 Å². The first-order chi connectivity index (χ1) is 13.6. The number of aryl methyl sites for hydroxylation is 1. The second kappa shape index (κ2) is 8.15. The van der Waals surface area contributed by atoms with Gasteiger partial charge in [-0.25, -0.2) is 0 Å². The van der Waals surface area contributed by atoms with Gasteiger partial charge in [-0.2, -0.15) is 0 Å². The Morgan fingerprint density at radius 2 is 1.61 bits per heavy atom. The maximum absolute atomic E-state index is 12.7. The molecule has 0 saturated carbocycles.